The number of hydrogen-bond donors (Lipinski definition) is 3. The highest BCUT2D eigenvalue weighted by molar-refractivity contribution is 5.79. The molecular weight excluding hydrogens is 235 g/mol. The molecule has 0 spiro atoms. The minimum Gasteiger partial charge on any atom is -0.386 e. The van der Waals surface area contributed by atoms with E-state index in [-0.39, 0.29) is 23.9 Å². The Kier molecular flexibility index (Phi) is 4.28. The second-order valence-electron chi connectivity index (χ2n) is 4.47. The molecule has 1 amide bonds. The lowest BCUT2D eigenvalue weighted by Crippen LogP contribution is -2.34. The van der Waals surface area contributed by atoms with Crippen LogP contribution in [0.4, 0.5) is 4.39 Å². The summed E-state index contributed by atoms with van der Waals surface area (Å²) in [4.78, 5) is 11.7. The van der Waals surface area contributed by atoms with Crippen LogP contribution in [0.25, 0.3) is 0 Å². The average molecular weight is 252 g/mol. The van der Waals surface area contributed by atoms with Gasteiger partial charge in [-0.1, -0.05) is 18.2 Å². The van der Waals surface area contributed by atoms with Crippen molar-refractivity contribution < 1.29 is 14.3 Å². The van der Waals surface area contributed by atoms with Crippen LogP contribution in [0, 0.1) is 11.7 Å². The van der Waals surface area contributed by atoms with E-state index in [1.807, 2.05) is 0 Å². The van der Waals surface area contributed by atoms with Crippen LogP contribution >= 0.6 is 0 Å². The molecule has 1 aromatic carbocycles. The van der Waals surface area contributed by atoms with Crippen molar-refractivity contribution in [1.82, 2.24) is 10.6 Å². The first-order valence-electron chi connectivity index (χ1n) is 6.09. The lowest BCUT2D eigenvalue weighted by atomic mass is 10.1. The van der Waals surface area contributed by atoms with E-state index in [1.165, 1.54) is 12.1 Å². The molecule has 0 unspecified atom stereocenters. The quantitative estimate of drug-likeness (QED) is 0.735. The molecule has 1 fully saturated rings. The van der Waals surface area contributed by atoms with Crippen molar-refractivity contribution in [2.45, 2.75) is 12.5 Å². The molecule has 1 aliphatic rings. The largest absolute Gasteiger partial charge is 0.386 e. The van der Waals surface area contributed by atoms with E-state index in [0.29, 0.717) is 6.54 Å². The van der Waals surface area contributed by atoms with E-state index in [1.54, 1.807) is 12.1 Å². The molecule has 0 saturated carbocycles. The van der Waals surface area contributed by atoms with E-state index < -0.39 is 11.9 Å². The summed E-state index contributed by atoms with van der Waals surface area (Å²) in [6, 6.07) is 6.03. The topological polar surface area (TPSA) is 61.4 Å². The number of nitrogens with one attached hydrogen (secondary N) is 2. The molecule has 0 aromatic heterocycles. The summed E-state index contributed by atoms with van der Waals surface area (Å²) in [7, 11) is 0. The Morgan fingerprint density at radius 3 is 3.00 bits per heavy atom. The van der Waals surface area contributed by atoms with Crippen molar-refractivity contribution in [3.05, 3.63) is 35.6 Å². The van der Waals surface area contributed by atoms with Gasteiger partial charge in [0.05, 0.1) is 12.0 Å². The van der Waals surface area contributed by atoms with E-state index in [2.05, 4.69) is 10.6 Å². The molecule has 1 saturated heterocycles. The fourth-order valence-electron chi connectivity index (χ4n) is 2.08. The van der Waals surface area contributed by atoms with Crippen LogP contribution in [0.1, 0.15) is 18.1 Å². The second-order valence-corrected chi connectivity index (χ2v) is 4.47. The van der Waals surface area contributed by atoms with E-state index in [4.69, 9.17) is 0 Å². The van der Waals surface area contributed by atoms with Gasteiger partial charge in [0.1, 0.15) is 5.82 Å². The Bertz CT molecular complexity index is 419. The van der Waals surface area contributed by atoms with Crippen molar-refractivity contribution in [1.29, 1.82) is 0 Å². The fourth-order valence-corrected chi connectivity index (χ4v) is 2.08. The van der Waals surface area contributed by atoms with Crippen molar-refractivity contribution >= 4 is 5.91 Å². The predicted molar refractivity (Wildman–Crippen MR) is 65.3 cm³/mol. The summed E-state index contributed by atoms with van der Waals surface area (Å²) in [6.07, 6.45) is -0.203. The number of carbonyl (C=O) groups is 1. The van der Waals surface area contributed by atoms with Gasteiger partial charge in [-0.05, 0) is 19.0 Å². The Morgan fingerprint density at radius 2 is 2.33 bits per heavy atom. The Labute approximate surface area is 105 Å². The number of benzene rings is 1. The molecule has 3 N–H and O–H groups in total. The first-order valence-corrected chi connectivity index (χ1v) is 6.09. The van der Waals surface area contributed by atoms with Crippen LogP contribution in [0.5, 0.6) is 0 Å². The van der Waals surface area contributed by atoms with Crippen LogP contribution in [0.3, 0.4) is 0 Å². The summed E-state index contributed by atoms with van der Waals surface area (Å²) in [5, 5.41) is 15.6. The number of rotatable bonds is 4. The first kappa shape index (κ1) is 13.0. The van der Waals surface area contributed by atoms with Crippen LogP contribution in [0.2, 0.25) is 0 Å². The van der Waals surface area contributed by atoms with Gasteiger partial charge in [0.25, 0.3) is 0 Å². The zero-order valence-electron chi connectivity index (χ0n) is 10.0. The maximum atomic E-state index is 13.4. The molecule has 0 aliphatic carbocycles. The molecule has 5 heteroatoms. The third-order valence-electron chi connectivity index (χ3n) is 3.16. The van der Waals surface area contributed by atoms with Crippen molar-refractivity contribution in [2.24, 2.45) is 5.92 Å². The van der Waals surface area contributed by atoms with Crippen LogP contribution in [-0.2, 0) is 4.79 Å². The van der Waals surface area contributed by atoms with Gasteiger partial charge in [-0.3, -0.25) is 4.79 Å². The van der Waals surface area contributed by atoms with Gasteiger partial charge in [0.2, 0.25) is 5.91 Å². The van der Waals surface area contributed by atoms with Crippen molar-refractivity contribution in [2.75, 3.05) is 19.6 Å². The SMILES string of the molecule is O=C(NC[C@@H](O)c1ccccc1F)[C@@H]1CCNC1. The minimum absolute atomic E-state index is 0.0380. The standard InChI is InChI=1S/C13H17FN2O2/c14-11-4-2-1-3-10(11)12(17)8-16-13(18)9-5-6-15-7-9/h1-4,9,12,15,17H,5-8H2,(H,16,18)/t9-,12-/m1/s1. The maximum absolute atomic E-state index is 13.4. The van der Waals surface area contributed by atoms with E-state index >= 15 is 0 Å². The molecule has 1 aromatic rings. The van der Waals surface area contributed by atoms with Gasteiger partial charge in [-0.25, -0.2) is 4.39 Å². The van der Waals surface area contributed by atoms with Gasteiger partial charge < -0.3 is 15.7 Å². The van der Waals surface area contributed by atoms with Crippen molar-refractivity contribution in [3.8, 4) is 0 Å². The van der Waals surface area contributed by atoms with Gasteiger partial charge >= 0.3 is 0 Å². The molecule has 2 rings (SSSR count). The smallest absolute Gasteiger partial charge is 0.224 e. The highest BCUT2D eigenvalue weighted by atomic mass is 19.1. The molecule has 0 radical (unpaired) electrons. The lowest BCUT2D eigenvalue weighted by Gasteiger charge is -2.15. The summed E-state index contributed by atoms with van der Waals surface area (Å²) in [6.45, 7) is 1.55. The fraction of sp³-hybridized carbons (Fsp3) is 0.462. The Morgan fingerprint density at radius 1 is 1.56 bits per heavy atom. The maximum Gasteiger partial charge on any atom is 0.224 e. The molecule has 18 heavy (non-hydrogen) atoms. The second kappa shape index (κ2) is 5.93. The highest BCUT2D eigenvalue weighted by Crippen LogP contribution is 2.16. The van der Waals surface area contributed by atoms with Crippen LogP contribution in [0.15, 0.2) is 24.3 Å². The zero-order valence-corrected chi connectivity index (χ0v) is 10.0. The molecule has 2 atom stereocenters. The van der Waals surface area contributed by atoms with E-state index in [0.717, 1.165) is 13.0 Å². The van der Waals surface area contributed by atoms with E-state index in [9.17, 15) is 14.3 Å². The Hall–Kier alpha value is -1.46. The molecule has 4 nitrogen and oxygen atoms in total. The third kappa shape index (κ3) is 3.05. The monoisotopic (exact) mass is 252 g/mol. The normalized spacial score (nSPS) is 20.7. The zero-order chi connectivity index (χ0) is 13.0. The average Bonchev–Trinajstić information content (AvgIpc) is 2.90. The molecule has 98 valence electrons. The summed E-state index contributed by atoms with van der Waals surface area (Å²) < 4.78 is 13.4. The first-order chi connectivity index (χ1) is 8.68. The minimum atomic E-state index is -1.01. The van der Waals surface area contributed by atoms with Crippen LogP contribution < -0.4 is 10.6 Å². The summed E-state index contributed by atoms with van der Waals surface area (Å²) >= 11 is 0. The Balaban J connectivity index is 1.86. The number of hydrogen-bond acceptors (Lipinski definition) is 3. The summed E-state index contributed by atoms with van der Waals surface area (Å²) in [5.74, 6) is -0.588. The predicted octanol–water partition coefficient (Wildman–Crippen LogP) is 0.585. The number of aliphatic hydroxyl groups is 1. The number of amides is 1. The number of halogens is 1. The van der Waals surface area contributed by atoms with Gasteiger partial charge in [0, 0.05) is 18.7 Å². The molecule has 0 bridgehead atoms. The molecular formula is C13H17FN2O2. The molecule has 1 aliphatic heterocycles. The highest BCUT2D eigenvalue weighted by Gasteiger charge is 2.23. The van der Waals surface area contributed by atoms with Gasteiger partial charge in [-0.15, -0.1) is 0 Å². The summed E-state index contributed by atoms with van der Waals surface area (Å²) in [5.41, 5.74) is 0.211. The lowest BCUT2D eigenvalue weighted by molar-refractivity contribution is -0.124. The van der Waals surface area contributed by atoms with Crippen LogP contribution in [-0.4, -0.2) is 30.6 Å². The molecule has 1 heterocycles. The van der Waals surface area contributed by atoms with Gasteiger partial charge in [0.15, 0.2) is 0 Å². The van der Waals surface area contributed by atoms with Gasteiger partial charge in [-0.2, -0.15) is 0 Å². The number of aliphatic hydroxyl groups excluding tert-OH is 1. The number of carbonyl (C=O) groups excluding carboxylic acids is 1. The van der Waals surface area contributed by atoms with Crippen molar-refractivity contribution in [3.63, 3.8) is 0 Å². The third-order valence-corrected chi connectivity index (χ3v) is 3.16.